The van der Waals surface area contributed by atoms with Crippen molar-refractivity contribution in [2.24, 2.45) is 0 Å². The van der Waals surface area contributed by atoms with Crippen LogP contribution < -0.4 is 10.1 Å². The van der Waals surface area contributed by atoms with E-state index in [9.17, 15) is 0 Å². The molecule has 1 aliphatic rings. The van der Waals surface area contributed by atoms with Crippen molar-refractivity contribution in [2.75, 3.05) is 51.8 Å². The molecular formula is C24H33N3O2S. The average molecular weight is 428 g/mol. The van der Waals surface area contributed by atoms with Gasteiger partial charge in [0.05, 0.1) is 26.0 Å². The van der Waals surface area contributed by atoms with Gasteiger partial charge < -0.3 is 19.7 Å². The zero-order valence-electron chi connectivity index (χ0n) is 18.3. The van der Waals surface area contributed by atoms with E-state index in [1.54, 1.807) is 7.11 Å². The smallest absolute Gasteiger partial charge is 0.173 e. The van der Waals surface area contributed by atoms with Crippen LogP contribution in [0.25, 0.3) is 0 Å². The number of rotatable bonds is 8. The number of morpholine rings is 1. The number of ether oxygens (including phenoxy) is 2. The lowest BCUT2D eigenvalue weighted by Crippen LogP contribution is -2.40. The molecule has 1 saturated heterocycles. The Morgan fingerprint density at radius 1 is 1.10 bits per heavy atom. The Hall–Kier alpha value is -2.15. The lowest BCUT2D eigenvalue weighted by Gasteiger charge is -2.30. The molecule has 1 fully saturated rings. The molecule has 6 heteroatoms. The molecule has 0 amide bonds. The van der Waals surface area contributed by atoms with Gasteiger partial charge in [-0.25, -0.2) is 0 Å². The number of thiocarbonyl (C=S) groups is 1. The fourth-order valence-electron chi connectivity index (χ4n) is 3.57. The molecule has 0 aliphatic carbocycles. The third kappa shape index (κ3) is 6.69. The number of nitrogens with one attached hydrogen (secondary N) is 1. The van der Waals surface area contributed by atoms with Crippen molar-refractivity contribution < 1.29 is 9.47 Å². The van der Waals surface area contributed by atoms with Crippen molar-refractivity contribution in [1.82, 2.24) is 9.80 Å². The second-order valence-corrected chi connectivity index (χ2v) is 8.24. The topological polar surface area (TPSA) is 37.0 Å². The molecule has 1 heterocycles. The Balaban J connectivity index is 1.66. The second kappa shape index (κ2) is 11.3. The SMILES string of the molecule is COc1cc(C)ccc1NC(=S)N(CCCN1CCOCC1)Cc1ccc(C)cc1. The highest BCUT2D eigenvalue weighted by atomic mass is 32.1. The Morgan fingerprint density at radius 2 is 1.80 bits per heavy atom. The van der Waals surface area contributed by atoms with Crippen LogP contribution in [-0.4, -0.2) is 61.4 Å². The van der Waals surface area contributed by atoms with Gasteiger partial charge in [0.1, 0.15) is 5.75 Å². The van der Waals surface area contributed by atoms with Crippen LogP contribution in [0.15, 0.2) is 42.5 Å². The largest absolute Gasteiger partial charge is 0.495 e. The van der Waals surface area contributed by atoms with Gasteiger partial charge in [-0.05, 0) is 55.7 Å². The van der Waals surface area contributed by atoms with E-state index < -0.39 is 0 Å². The molecule has 0 spiro atoms. The molecule has 0 atom stereocenters. The highest BCUT2D eigenvalue weighted by Gasteiger charge is 2.15. The van der Waals surface area contributed by atoms with E-state index in [0.717, 1.165) is 74.5 Å². The number of benzene rings is 2. The summed E-state index contributed by atoms with van der Waals surface area (Å²) in [4.78, 5) is 4.72. The van der Waals surface area contributed by atoms with Crippen molar-refractivity contribution in [1.29, 1.82) is 0 Å². The van der Waals surface area contributed by atoms with Crippen LogP contribution in [0.2, 0.25) is 0 Å². The fourth-order valence-corrected chi connectivity index (χ4v) is 3.84. The van der Waals surface area contributed by atoms with Crippen LogP contribution in [0, 0.1) is 13.8 Å². The highest BCUT2D eigenvalue weighted by molar-refractivity contribution is 7.80. The van der Waals surface area contributed by atoms with Crippen molar-refractivity contribution in [3.05, 3.63) is 59.2 Å². The summed E-state index contributed by atoms with van der Waals surface area (Å²) in [5.74, 6) is 0.806. The molecule has 1 aliphatic heterocycles. The van der Waals surface area contributed by atoms with Gasteiger partial charge >= 0.3 is 0 Å². The summed E-state index contributed by atoms with van der Waals surface area (Å²) >= 11 is 5.82. The predicted molar refractivity (Wildman–Crippen MR) is 127 cm³/mol. The number of nitrogens with zero attached hydrogens (tertiary/aromatic N) is 2. The summed E-state index contributed by atoms with van der Waals surface area (Å²) in [6.07, 6.45) is 1.05. The third-order valence-corrected chi connectivity index (χ3v) is 5.75. The van der Waals surface area contributed by atoms with Crippen LogP contribution in [0.3, 0.4) is 0 Å². The molecule has 30 heavy (non-hydrogen) atoms. The lowest BCUT2D eigenvalue weighted by molar-refractivity contribution is 0.0368. The first-order valence-corrected chi connectivity index (χ1v) is 11.0. The molecule has 3 rings (SSSR count). The van der Waals surface area contributed by atoms with Crippen LogP contribution in [-0.2, 0) is 11.3 Å². The minimum absolute atomic E-state index is 0.722. The molecule has 5 nitrogen and oxygen atoms in total. The van der Waals surface area contributed by atoms with Gasteiger partial charge in [-0.3, -0.25) is 4.90 Å². The first kappa shape index (κ1) is 22.5. The summed E-state index contributed by atoms with van der Waals surface area (Å²) < 4.78 is 11.0. The minimum Gasteiger partial charge on any atom is -0.495 e. The molecular weight excluding hydrogens is 394 g/mol. The highest BCUT2D eigenvalue weighted by Crippen LogP contribution is 2.26. The van der Waals surface area contributed by atoms with E-state index in [0.29, 0.717) is 0 Å². The Bertz CT molecular complexity index is 820. The summed E-state index contributed by atoms with van der Waals surface area (Å²) in [6.45, 7) is 10.6. The molecule has 0 aromatic heterocycles. The van der Waals surface area contributed by atoms with Gasteiger partial charge in [0.15, 0.2) is 5.11 Å². The van der Waals surface area contributed by atoms with Gasteiger partial charge in [0, 0.05) is 32.7 Å². The fraction of sp³-hybridized carbons (Fsp3) is 0.458. The normalized spacial score (nSPS) is 14.4. The molecule has 2 aromatic rings. The van der Waals surface area contributed by atoms with E-state index in [1.165, 1.54) is 11.1 Å². The Labute approximate surface area is 186 Å². The number of anilines is 1. The first-order chi connectivity index (χ1) is 14.5. The van der Waals surface area contributed by atoms with Crippen LogP contribution >= 0.6 is 12.2 Å². The van der Waals surface area contributed by atoms with Gasteiger partial charge in [-0.15, -0.1) is 0 Å². The van der Waals surface area contributed by atoms with E-state index in [4.69, 9.17) is 21.7 Å². The minimum atomic E-state index is 0.722. The van der Waals surface area contributed by atoms with E-state index in [1.807, 2.05) is 12.1 Å². The Morgan fingerprint density at radius 3 is 2.50 bits per heavy atom. The van der Waals surface area contributed by atoms with E-state index >= 15 is 0 Å². The maximum absolute atomic E-state index is 5.82. The van der Waals surface area contributed by atoms with Crippen LogP contribution in [0.5, 0.6) is 5.75 Å². The average Bonchev–Trinajstić information content (AvgIpc) is 2.76. The van der Waals surface area contributed by atoms with Crippen molar-refractivity contribution in [3.63, 3.8) is 0 Å². The quantitative estimate of drug-likeness (QED) is 0.636. The van der Waals surface area contributed by atoms with Crippen molar-refractivity contribution >= 4 is 23.0 Å². The zero-order chi connectivity index (χ0) is 21.3. The maximum Gasteiger partial charge on any atom is 0.173 e. The second-order valence-electron chi connectivity index (χ2n) is 7.85. The van der Waals surface area contributed by atoms with Gasteiger partial charge in [-0.2, -0.15) is 0 Å². The van der Waals surface area contributed by atoms with E-state index in [2.05, 4.69) is 59.3 Å². The molecule has 2 aromatic carbocycles. The van der Waals surface area contributed by atoms with Crippen LogP contribution in [0.4, 0.5) is 5.69 Å². The zero-order valence-corrected chi connectivity index (χ0v) is 19.1. The lowest BCUT2D eigenvalue weighted by atomic mass is 10.1. The van der Waals surface area contributed by atoms with Crippen molar-refractivity contribution in [3.8, 4) is 5.75 Å². The van der Waals surface area contributed by atoms with Crippen LogP contribution in [0.1, 0.15) is 23.1 Å². The third-order valence-electron chi connectivity index (χ3n) is 5.39. The number of hydrogen-bond acceptors (Lipinski definition) is 4. The number of hydrogen-bond donors (Lipinski definition) is 1. The van der Waals surface area contributed by atoms with Gasteiger partial charge in [0.25, 0.3) is 0 Å². The standard InChI is InChI=1S/C24H33N3O2S/c1-19-5-8-21(9-6-19)18-27(12-4-11-26-13-15-29-16-14-26)24(30)25-22-10-7-20(2)17-23(22)28-3/h5-10,17H,4,11-16,18H2,1-3H3,(H,25,30). The Kier molecular flexibility index (Phi) is 8.49. The monoisotopic (exact) mass is 427 g/mol. The molecule has 0 unspecified atom stereocenters. The molecule has 0 bridgehead atoms. The molecule has 162 valence electrons. The molecule has 1 N–H and O–H groups in total. The first-order valence-electron chi connectivity index (χ1n) is 10.6. The summed E-state index contributed by atoms with van der Waals surface area (Å²) in [5.41, 5.74) is 4.58. The van der Waals surface area contributed by atoms with Gasteiger partial charge in [-0.1, -0.05) is 35.9 Å². The van der Waals surface area contributed by atoms with Crippen molar-refractivity contribution in [2.45, 2.75) is 26.8 Å². The summed E-state index contributed by atoms with van der Waals surface area (Å²) in [6, 6.07) is 14.8. The number of methoxy groups -OCH3 is 1. The molecule has 0 radical (unpaired) electrons. The number of aryl methyl sites for hydroxylation is 2. The molecule has 0 saturated carbocycles. The van der Waals surface area contributed by atoms with Gasteiger partial charge in [0.2, 0.25) is 0 Å². The summed E-state index contributed by atoms with van der Waals surface area (Å²) in [7, 11) is 1.69. The predicted octanol–water partition coefficient (Wildman–Crippen LogP) is 4.23. The maximum atomic E-state index is 5.82. The van der Waals surface area contributed by atoms with E-state index in [-0.39, 0.29) is 0 Å². The summed E-state index contributed by atoms with van der Waals surface area (Å²) in [5, 5.41) is 4.13.